The van der Waals surface area contributed by atoms with E-state index in [1.54, 1.807) is 0 Å². The molecule has 0 N–H and O–H groups in total. The molecule has 1 aliphatic heterocycles. The maximum atomic E-state index is 5.41. The normalized spacial score (nSPS) is 22.7. The van der Waals surface area contributed by atoms with Crippen molar-refractivity contribution in [3.8, 4) is 0 Å². The zero-order chi connectivity index (χ0) is 11.5. The van der Waals surface area contributed by atoms with E-state index >= 15 is 0 Å². The van der Waals surface area contributed by atoms with Crippen molar-refractivity contribution in [1.82, 2.24) is 0 Å². The lowest BCUT2D eigenvalue weighted by Gasteiger charge is -2.19. The third kappa shape index (κ3) is 7.24. The van der Waals surface area contributed by atoms with Crippen LogP contribution in [0.5, 0.6) is 0 Å². The van der Waals surface area contributed by atoms with Crippen LogP contribution in [-0.2, 0) is 9.78 Å². The van der Waals surface area contributed by atoms with Gasteiger partial charge in [0, 0.05) is 0 Å². The Morgan fingerprint density at radius 2 is 1.75 bits per heavy atom. The molecule has 0 amide bonds. The van der Waals surface area contributed by atoms with Crippen LogP contribution < -0.4 is 0 Å². The van der Waals surface area contributed by atoms with Gasteiger partial charge in [-0.05, 0) is 19.3 Å². The summed E-state index contributed by atoms with van der Waals surface area (Å²) in [7, 11) is 0. The smallest absolute Gasteiger partial charge is 0.0930 e. The van der Waals surface area contributed by atoms with Gasteiger partial charge in [-0.3, -0.25) is 0 Å². The summed E-state index contributed by atoms with van der Waals surface area (Å²) in [5.41, 5.74) is 0. The lowest BCUT2D eigenvalue weighted by atomic mass is 10.0. The molecule has 1 heterocycles. The first kappa shape index (κ1) is 14.0. The number of unbranched alkanes of at least 4 members (excludes halogenated alkanes) is 5. The van der Waals surface area contributed by atoms with Gasteiger partial charge in [0.15, 0.2) is 0 Å². The summed E-state index contributed by atoms with van der Waals surface area (Å²) in [4.78, 5) is 10.6. The van der Waals surface area contributed by atoms with Crippen molar-refractivity contribution in [2.24, 2.45) is 0 Å². The molecule has 0 saturated carbocycles. The highest BCUT2D eigenvalue weighted by Crippen LogP contribution is 2.17. The summed E-state index contributed by atoms with van der Waals surface area (Å²) in [6.07, 6.45) is 14.7. The van der Waals surface area contributed by atoms with Crippen LogP contribution in [-0.4, -0.2) is 12.7 Å². The van der Waals surface area contributed by atoms with Crippen LogP contribution in [0.15, 0.2) is 0 Å². The van der Waals surface area contributed by atoms with Crippen LogP contribution >= 0.6 is 0 Å². The van der Waals surface area contributed by atoms with Gasteiger partial charge < -0.3 is 0 Å². The Hall–Kier alpha value is -0.0800. The third-order valence-electron chi connectivity index (χ3n) is 3.34. The predicted molar refractivity (Wildman–Crippen MR) is 67.3 cm³/mol. The molecule has 1 fully saturated rings. The van der Waals surface area contributed by atoms with Crippen molar-refractivity contribution < 1.29 is 9.78 Å². The molecule has 2 heteroatoms. The maximum Gasteiger partial charge on any atom is 0.0930 e. The standard InChI is InChI=1S/C14H28O2/c1-2-3-4-5-6-8-11-14-12-9-7-10-13-15-16-14/h14H,2-13H2,1H3. The van der Waals surface area contributed by atoms with E-state index < -0.39 is 0 Å². The Labute approximate surface area is 101 Å². The van der Waals surface area contributed by atoms with Crippen LogP contribution in [0.4, 0.5) is 0 Å². The second-order valence-electron chi connectivity index (χ2n) is 4.95. The van der Waals surface area contributed by atoms with E-state index in [0.717, 1.165) is 13.0 Å². The molecule has 0 aliphatic carbocycles. The van der Waals surface area contributed by atoms with Crippen molar-refractivity contribution in [1.29, 1.82) is 0 Å². The highest BCUT2D eigenvalue weighted by molar-refractivity contribution is 4.59. The van der Waals surface area contributed by atoms with E-state index in [1.807, 2.05) is 0 Å². The zero-order valence-corrected chi connectivity index (χ0v) is 10.9. The van der Waals surface area contributed by atoms with Crippen molar-refractivity contribution in [2.75, 3.05) is 6.61 Å². The summed E-state index contributed by atoms with van der Waals surface area (Å²) in [5.74, 6) is 0. The first-order chi connectivity index (χ1) is 7.93. The molecular weight excluding hydrogens is 200 g/mol. The number of rotatable bonds is 7. The molecule has 1 saturated heterocycles. The van der Waals surface area contributed by atoms with Crippen LogP contribution in [0.3, 0.4) is 0 Å². The summed E-state index contributed by atoms with van der Waals surface area (Å²) < 4.78 is 0. The minimum Gasteiger partial charge on any atom is -0.236 e. The highest BCUT2D eigenvalue weighted by atomic mass is 17.2. The van der Waals surface area contributed by atoms with E-state index in [0.29, 0.717) is 6.10 Å². The molecule has 1 rings (SSSR count). The molecule has 0 radical (unpaired) electrons. The number of hydrogen-bond donors (Lipinski definition) is 0. The summed E-state index contributed by atoms with van der Waals surface area (Å²) in [6, 6.07) is 0. The molecule has 96 valence electrons. The van der Waals surface area contributed by atoms with Gasteiger partial charge >= 0.3 is 0 Å². The lowest BCUT2D eigenvalue weighted by Crippen LogP contribution is -2.16. The molecule has 2 nitrogen and oxygen atoms in total. The second-order valence-corrected chi connectivity index (χ2v) is 4.95. The van der Waals surface area contributed by atoms with Gasteiger partial charge in [0.1, 0.15) is 0 Å². The first-order valence-corrected chi connectivity index (χ1v) is 7.21. The van der Waals surface area contributed by atoms with Crippen molar-refractivity contribution >= 4 is 0 Å². The Balaban J connectivity index is 1.93. The lowest BCUT2D eigenvalue weighted by molar-refractivity contribution is -0.330. The van der Waals surface area contributed by atoms with Gasteiger partial charge in [-0.25, -0.2) is 9.78 Å². The number of hydrogen-bond acceptors (Lipinski definition) is 2. The van der Waals surface area contributed by atoms with Gasteiger partial charge in [-0.15, -0.1) is 0 Å². The highest BCUT2D eigenvalue weighted by Gasteiger charge is 2.12. The van der Waals surface area contributed by atoms with Crippen molar-refractivity contribution in [3.63, 3.8) is 0 Å². The molecule has 0 aromatic rings. The van der Waals surface area contributed by atoms with E-state index in [1.165, 1.54) is 64.2 Å². The van der Waals surface area contributed by atoms with Gasteiger partial charge in [0.05, 0.1) is 12.7 Å². The largest absolute Gasteiger partial charge is 0.236 e. The van der Waals surface area contributed by atoms with E-state index in [-0.39, 0.29) is 0 Å². The Kier molecular flexibility index (Phi) is 8.83. The van der Waals surface area contributed by atoms with Crippen LogP contribution in [0.25, 0.3) is 0 Å². The average molecular weight is 228 g/mol. The molecule has 1 atom stereocenters. The average Bonchev–Trinajstić information content (AvgIpc) is 2.25. The Morgan fingerprint density at radius 3 is 2.62 bits per heavy atom. The third-order valence-corrected chi connectivity index (χ3v) is 3.34. The topological polar surface area (TPSA) is 18.5 Å². The van der Waals surface area contributed by atoms with Crippen LogP contribution in [0.2, 0.25) is 0 Å². The second kappa shape index (κ2) is 10.1. The first-order valence-electron chi connectivity index (χ1n) is 7.21. The van der Waals surface area contributed by atoms with E-state index in [9.17, 15) is 0 Å². The van der Waals surface area contributed by atoms with Gasteiger partial charge in [-0.2, -0.15) is 0 Å². The summed E-state index contributed by atoms with van der Waals surface area (Å²) >= 11 is 0. The Bertz CT molecular complexity index is 140. The molecule has 1 unspecified atom stereocenters. The quantitative estimate of drug-likeness (QED) is 0.467. The fraction of sp³-hybridized carbons (Fsp3) is 1.00. The van der Waals surface area contributed by atoms with Crippen LogP contribution in [0.1, 0.15) is 77.6 Å². The zero-order valence-electron chi connectivity index (χ0n) is 10.9. The van der Waals surface area contributed by atoms with Crippen molar-refractivity contribution in [2.45, 2.75) is 83.7 Å². The van der Waals surface area contributed by atoms with E-state index in [4.69, 9.17) is 9.78 Å². The minimum absolute atomic E-state index is 0.367. The van der Waals surface area contributed by atoms with Gasteiger partial charge in [-0.1, -0.05) is 58.3 Å². The fourth-order valence-electron chi connectivity index (χ4n) is 2.25. The molecule has 16 heavy (non-hydrogen) atoms. The molecule has 1 aliphatic rings. The van der Waals surface area contributed by atoms with Crippen LogP contribution in [0, 0.1) is 0 Å². The predicted octanol–water partition coefficient (Wildman–Crippen LogP) is 4.63. The summed E-state index contributed by atoms with van der Waals surface area (Å²) in [6.45, 7) is 3.05. The van der Waals surface area contributed by atoms with Gasteiger partial charge in [0.25, 0.3) is 0 Å². The SMILES string of the molecule is CCCCCCCCC1CCCCCOO1. The molecular formula is C14H28O2. The van der Waals surface area contributed by atoms with Crippen molar-refractivity contribution in [3.05, 3.63) is 0 Å². The minimum atomic E-state index is 0.367. The summed E-state index contributed by atoms with van der Waals surface area (Å²) in [5, 5.41) is 0. The molecule has 0 bridgehead atoms. The molecule has 0 aromatic carbocycles. The molecule has 0 spiro atoms. The fourth-order valence-corrected chi connectivity index (χ4v) is 2.25. The Morgan fingerprint density at radius 1 is 0.938 bits per heavy atom. The molecule has 0 aromatic heterocycles. The van der Waals surface area contributed by atoms with Gasteiger partial charge in [0.2, 0.25) is 0 Å². The maximum absolute atomic E-state index is 5.41. The monoisotopic (exact) mass is 228 g/mol. The van der Waals surface area contributed by atoms with E-state index in [2.05, 4.69) is 6.92 Å².